The van der Waals surface area contributed by atoms with Crippen molar-refractivity contribution in [2.24, 2.45) is 11.7 Å². The van der Waals surface area contributed by atoms with Crippen LogP contribution in [-0.2, 0) is 0 Å². The molecule has 3 heteroatoms. The van der Waals surface area contributed by atoms with Gasteiger partial charge in [0.1, 0.15) is 0 Å². The van der Waals surface area contributed by atoms with Gasteiger partial charge in [0.25, 0.3) is 0 Å². The maximum absolute atomic E-state index is 8.98. The van der Waals surface area contributed by atoms with Gasteiger partial charge in [-0.1, -0.05) is 0 Å². The summed E-state index contributed by atoms with van der Waals surface area (Å²) in [4.78, 5) is 2.48. The van der Waals surface area contributed by atoms with Crippen molar-refractivity contribution in [3.05, 3.63) is 0 Å². The topological polar surface area (TPSA) is 49.5 Å². The van der Waals surface area contributed by atoms with E-state index < -0.39 is 0 Å². The normalized spacial score (nSPS) is 32.3. The minimum Gasteiger partial charge on any atom is -0.396 e. The van der Waals surface area contributed by atoms with E-state index in [4.69, 9.17) is 10.8 Å². The minimum absolute atomic E-state index is 0.326. The number of rotatable bonds is 4. The van der Waals surface area contributed by atoms with Crippen LogP contribution in [0.3, 0.4) is 0 Å². The molecule has 1 aliphatic carbocycles. The number of aliphatic hydroxyl groups excluding tert-OH is 1. The molecule has 1 heterocycles. The zero-order chi connectivity index (χ0) is 9.26. The Morgan fingerprint density at radius 1 is 1.38 bits per heavy atom. The Morgan fingerprint density at radius 2 is 2.15 bits per heavy atom. The third-order valence-corrected chi connectivity index (χ3v) is 3.32. The molecule has 0 radical (unpaired) electrons. The van der Waals surface area contributed by atoms with E-state index in [1.165, 1.54) is 12.8 Å². The van der Waals surface area contributed by atoms with Gasteiger partial charge in [0.2, 0.25) is 0 Å². The van der Waals surface area contributed by atoms with E-state index in [0.29, 0.717) is 18.7 Å². The van der Waals surface area contributed by atoms with Crippen molar-refractivity contribution in [2.75, 3.05) is 19.7 Å². The van der Waals surface area contributed by atoms with Crippen LogP contribution >= 0.6 is 0 Å². The summed E-state index contributed by atoms with van der Waals surface area (Å²) in [5.41, 5.74) is 5.88. The number of likely N-dealkylation sites (tertiary alicyclic amines) is 1. The molecule has 0 amide bonds. The molecule has 1 saturated heterocycles. The van der Waals surface area contributed by atoms with Crippen LogP contribution < -0.4 is 5.73 Å². The molecule has 1 saturated carbocycles. The zero-order valence-corrected chi connectivity index (χ0v) is 8.15. The van der Waals surface area contributed by atoms with E-state index in [9.17, 15) is 0 Å². The van der Waals surface area contributed by atoms with Crippen LogP contribution in [0.25, 0.3) is 0 Å². The van der Waals surface area contributed by atoms with Crippen LogP contribution in [0.5, 0.6) is 0 Å². The van der Waals surface area contributed by atoms with E-state index >= 15 is 0 Å². The van der Waals surface area contributed by atoms with Crippen LogP contribution in [-0.4, -0.2) is 41.8 Å². The first-order valence-corrected chi connectivity index (χ1v) is 5.41. The molecular weight excluding hydrogens is 164 g/mol. The summed E-state index contributed by atoms with van der Waals surface area (Å²) in [5.74, 6) is 0.859. The number of nitrogens with two attached hydrogens (primary N) is 1. The SMILES string of the molecule is NC1CCN(C(CCO)C2CC2)C1. The molecule has 0 aromatic heterocycles. The summed E-state index contributed by atoms with van der Waals surface area (Å²) in [7, 11) is 0. The van der Waals surface area contributed by atoms with Gasteiger partial charge in [0.15, 0.2) is 0 Å². The first-order valence-electron chi connectivity index (χ1n) is 5.41. The van der Waals surface area contributed by atoms with Gasteiger partial charge in [-0.05, 0) is 31.6 Å². The lowest BCUT2D eigenvalue weighted by atomic mass is 10.1. The molecule has 0 aromatic carbocycles. The smallest absolute Gasteiger partial charge is 0.0446 e. The quantitative estimate of drug-likeness (QED) is 0.655. The highest BCUT2D eigenvalue weighted by Crippen LogP contribution is 2.37. The predicted octanol–water partition coefficient (Wildman–Crippen LogP) is 0.180. The first-order chi connectivity index (χ1) is 6.31. The predicted molar refractivity (Wildman–Crippen MR) is 52.4 cm³/mol. The standard InChI is InChI=1S/C10H20N2O/c11-9-3-5-12(7-9)10(4-6-13)8-1-2-8/h8-10,13H,1-7,11H2. The highest BCUT2D eigenvalue weighted by molar-refractivity contribution is 4.92. The lowest BCUT2D eigenvalue weighted by Crippen LogP contribution is -2.37. The molecule has 3 nitrogen and oxygen atoms in total. The molecule has 2 unspecified atom stereocenters. The van der Waals surface area contributed by atoms with Crippen molar-refractivity contribution < 1.29 is 5.11 Å². The molecular formula is C10H20N2O. The highest BCUT2D eigenvalue weighted by Gasteiger charge is 2.36. The van der Waals surface area contributed by atoms with Crippen molar-refractivity contribution in [1.82, 2.24) is 4.90 Å². The summed E-state index contributed by atoms with van der Waals surface area (Å²) >= 11 is 0. The monoisotopic (exact) mass is 184 g/mol. The number of aliphatic hydroxyl groups is 1. The Hall–Kier alpha value is -0.120. The van der Waals surface area contributed by atoms with Crippen LogP contribution in [0.15, 0.2) is 0 Å². The van der Waals surface area contributed by atoms with Gasteiger partial charge in [-0.2, -0.15) is 0 Å². The molecule has 2 rings (SSSR count). The number of hydrogen-bond acceptors (Lipinski definition) is 3. The van der Waals surface area contributed by atoms with Gasteiger partial charge in [-0.3, -0.25) is 4.90 Å². The second kappa shape index (κ2) is 3.95. The van der Waals surface area contributed by atoms with Gasteiger partial charge in [-0.25, -0.2) is 0 Å². The maximum Gasteiger partial charge on any atom is 0.0446 e. The molecule has 2 aliphatic rings. The summed E-state index contributed by atoms with van der Waals surface area (Å²) in [6.45, 7) is 2.51. The summed E-state index contributed by atoms with van der Waals surface area (Å²) in [6, 6.07) is 0.999. The highest BCUT2D eigenvalue weighted by atomic mass is 16.3. The zero-order valence-electron chi connectivity index (χ0n) is 8.15. The van der Waals surface area contributed by atoms with E-state index in [1.54, 1.807) is 0 Å². The summed E-state index contributed by atoms with van der Waals surface area (Å²) < 4.78 is 0. The van der Waals surface area contributed by atoms with Gasteiger partial charge >= 0.3 is 0 Å². The Balaban J connectivity index is 1.87. The molecule has 76 valence electrons. The maximum atomic E-state index is 8.98. The third kappa shape index (κ3) is 2.22. The van der Waals surface area contributed by atoms with Crippen LogP contribution in [0.2, 0.25) is 0 Å². The van der Waals surface area contributed by atoms with Crippen molar-refractivity contribution >= 4 is 0 Å². The van der Waals surface area contributed by atoms with E-state index in [-0.39, 0.29) is 0 Å². The van der Waals surface area contributed by atoms with Gasteiger partial charge in [-0.15, -0.1) is 0 Å². The molecule has 2 fully saturated rings. The molecule has 13 heavy (non-hydrogen) atoms. The Labute approximate surface area is 79.9 Å². The van der Waals surface area contributed by atoms with Crippen molar-refractivity contribution in [2.45, 2.75) is 37.8 Å². The second-order valence-electron chi connectivity index (χ2n) is 4.46. The van der Waals surface area contributed by atoms with E-state index in [1.807, 2.05) is 0 Å². The third-order valence-electron chi connectivity index (χ3n) is 3.32. The minimum atomic E-state index is 0.326. The fourth-order valence-corrected chi connectivity index (χ4v) is 2.45. The lowest BCUT2D eigenvalue weighted by Gasteiger charge is -2.27. The number of hydrogen-bond donors (Lipinski definition) is 2. The lowest BCUT2D eigenvalue weighted by molar-refractivity contribution is 0.165. The van der Waals surface area contributed by atoms with Crippen molar-refractivity contribution in [3.63, 3.8) is 0 Å². The Kier molecular flexibility index (Phi) is 2.86. The fourth-order valence-electron chi connectivity index (χ4n) is 2.45. The van der Waals surface area contributed by atoms with E-state index in [2.05, 4.69) is 4.90 Å². The summed E-state index contributed by atoms with van der Waals surface area (Å²) in [5, 5.41) is 8.98. The second-order valence-corrected chi connectivity index (χ2v) is 4.46. The summed E-state index contributed by atoms with van der Waals surface area (Å²) in [6.07, 6.45) is 4.79. The molecule has 0 bridgehead atoms. The van der Waals surface area contributed by atoms with E-state index in [0.717, 1.165) is 31.8 Å². The fraction of sp³-hybridized carbons (Fsp3) is 1.00. The van der Waals surface area contributed by atoms with Gasteiger partial charge in [0, 0.05) is 31.8 Å². The number of nitrogens with zero attached hydrogens (tertiary/aromatic N) is 1. The van der Waals surface area contributed by atoms with Crippen LogP contribution in [0.4, 0.5) is 0 Å². The average Bonchev–Trinajstić information content (AvgIpc) is 2.85. The molecule has 0 spiro atoms. The van der Waals surface area contributed by atoms with Crippen molar-refractivity contribution in [3.8, 4) is 0 Å². The average molecular weight is 184 g/mol. The first kappa shape index (κ1) is 9.44. The largest absolute Gasteiger partial charge is 0.396 e. The molecule has 0 aromatic rings. The Morgan fingerprint density at radius 3 is 2.62 bits per heavy atom. The Bertz CT molecular complexity index is 170. The van der Waals surface area contributed by atoms with Gasteiger partial charge < -0.3 is 10.8 Å². The molecule has 1 aliphatic heterocycles. The molecule has 2 atom stereocenters. The van der Waals surface area contributed by atoms with Crippen LogP contribution in [0.1, 0.15) is 25.7 Å². The molecule has 3 N–H and O–H groups in total. The van der Waals surface area contributed by atoms with Crippen molar-refractivity contribution in [1.29, 1.82) is 0 Å². The van der Waals surface area contributed by atoms with Gasteiger partial charge in [0.05, 0.1) is 0 Å². The van der Waals surface area contributed by atoms with Crippen LogP contribution in [0, 0.1) is 5.92 Å².